The molecule has 0 saturated heterocycles. The van der Waals surface area contributed by atoms with E-state index in [0.29, 0.717) is 11.4 Å². The van der Waals surface area contributed by atoms with Crippen LogP contribution in [0.15, 0.2) is 196 Å². The Labute approximate surface area is 322 Å². The number of hydrogen-bond acceptors (Lipinski definition) is 3. The van der Waals surface area contributed by atoms with Crippen molar-refractivity contribution in [1.82, 2.24) is 0 Å². The summed E-state index contributed by atoms with van der Waals surface area (Å²) < 4.78 is 6.02. The predicted molar refractivity (Wildman–Crippen MR) is 234 cm³/mol. The fourth-order valence-corrected chi connectivity index (χ4v) is 8.25. The van der Waals surface area contributed by atoms with Crippen LogP contribution in [0.4, 0.5) is 17.1 Å². The first-order valence-electron chi connectivity index (χ1n) is 18.7. The second kappa shape index (κ2) is 12.8. The number of fused-ring (bicyclic) bond motifs is 7. The van der Waals surface area contributed by atoms with Crippen LogP contribution in [0, 0.1) is 5.41 Å². The maximum Gasteiger partial charge on any atom is 0.161 e. The maximum atomic E-state index is 9.04. The van der Waals surface area contributed by atoms with Gasteiger partial charge < -0.3 is 9.32 Å². The molecular formula is C51H32N4O. The molecule has 0 amide bonds. The summed E-state index contributed by atoms with van der Waals surface area (Å²) >= 11 is 0. The van der Waals surface area contributed by atoms with Gasteiger partial charge >= 0.3 is 0 Å². The minimum atomic E-state index is 0.127. The summed E-state index contributed by atoms with van der Waals surface area (Å²) in [6, 6.07) is 63.1. The number of benzene rings is 9. The molecule has 0 spiro atoms. The van der Waals surface area contributed by atoms with Crippen molar-refractivity contribution in [2.45, 2.75) is 0 Å². The van der Waals surface area contributed by atoms with Crippen molar-refractivity contribution in [2.24, 2.45) is 9.98 Å². The van der Waals surface area contributed by atoms with Gasteiger partial charge in [0.05, 0.1) is 17.1 Å². The quantitative estimate of drug-likeness (QED) is 0.146. The molecule has 56 heavy (non-hydrogen) atoms. The zero-order valence-electron chi connectivity index (χ0n) is 30.1. The summed E-state index contributed by atoms with van der Waals surface area (Å²) in [5.74, 6) is 0.591. The predicted octanol–water partition coefficient (Wildman–Crippen LogP) is 13.4. The Morgan fingerprint density at radius 2 is 1.20 bits per heavy atom. The lowest BCUT2D eigenvalue weighted by Crippen LogP contribution is -2.15. The topological polar surface area (TPSA) is 65.0 Å². The average molecular weight is 717 g/mol. The van der Waals surface area contributed by atoms with Crippen LogP contribution >= 0.6 is 0 Å². The third-order valence-corrected chi connectivity index (χ3v) is 10.9. The molecule has 1 aliphatic heterocycles. The van der Waals surface area contributed by atoms with E-state index in [2.05, 4.69) is 114 Å². The number of amidine groups is 2. The van der Waals surface area contributed by atoms with Crippen molar-refractivity contribution < 1.29 is 4.42 Å². The molecule has 0 radical (unpaired) electrons. The number of furan rings is 1. The largest absolute Gasteiger partial charge is 0.456 e. The van der Waals surface area contributed by atoms with Crippen LogP contribution in [-0.4, -0.2) is 17.9 Å². The number of hydrogen-bond donors (Lipinski definition) is 1. The minimum absolute atomic E-state index is 0.127. The van der Waals surface area contributed by atoms with Gasteiger partial charge in [-0.05, 0) is 87.3 Å². The highest BCUT2D eigenvalue weighted by Crippen LogP contribution is 2.53. The highest BCUT2D eigenvalue weighted by Gasteiger charge is 2.27. The molecular weight excluding hydrogens is 685 g/mol. The first-order valence-corrected chi connectivity index (χ1v) is 18.7. The lowest BCUT2D eigenvalue weighted by atomic mass is 9.89. The van der Waals surface area contributed by atoms with E-state index in [1.165, 1.54) is 44.0 Å². The van der Waals surface area contributed by atoms with Gasteiger partial charge in [-0.25, -0.2) is 9.98 Å². The highest BCUT2D eigenvalue weighted by molar-refractivity contribution is 6.18. The molecule has 5 heteroatoms. The van der Waals surface area contributed by atoms with Crippen LogP contribution in [0.5, 0.6) is 0 Å². The SMILES string of the molecule is N=C(N=C(N=Cc1ccc2c(N3c4cc5ccccc5cc4-c4cccc5cccc3c45)cccc2c1)c1ccccc1)c1ccc2oc3ccccc3c2c1. The smallest absolute Gasteiger partial charge is 0.161 e. The Bertz CT molecular complexity index is 3280. The fraction of sp³-hybridized carbons (Fsp3) is 0. The number of nitrogens with one attached hydrogen (secondary N) is 1. The highest BCUT2D eigenvalue weighted by atomic mass is 16.3. The summed E-state index contributed by atoms with van der Waals surface area (Å²) in [6.45, 7) is 0. The van der Waals surface area contributed by atoms with Gasteiger partial charge in [-0.1, -0.05) is 127 Å². The van der Waals surface area contributed by atoms with E-state index in [1.54, 1.807) is 0 Å². The Morgan fingerprint density at radius 3 is 2.07 bits per heavy atom. The fourth-order valence-electron chi connectivity index (χ4n) is 8.25. The van der Waals surface area contributed by atoms with Gasteiger partial charge in [0, 0.05) is 44.4 Å². The third kappa shape index (κ3) is 5.21. The molecule has 10 aromatic rings. The van der Waals surface area contributed by atoms with Gasteiger partial charge in [0.15, 0.2) is 11.7 Å². The summed E-state index contributed by atoms with van der Waals surface area (Å²) in [5.41, 5.74) is 10.0. The van der Waals surface area contributed by atoms with Gasteiger partial charge in [-0.2, -0.15) is 0 Å². The number of aliphatic imine (C=N–C) groups is 2. The normalized spacial score (nSPS) is 12.7. The van der Waals surface area contributed by atoms with Crippen LogP contribution in [0.3, 0.4) is 0 Å². The van der Waals surface area contributed by atoms with E-state index < -0.39 is 0 Å². The van der Waals surface area contributed by atoms with E-state index in [9.17, 15) is 0 Å². The van der Waals surface area contributed by atoms with Crippen molar-refractivity contribution >= 4 is 89.2 Å². The number of nitrogens with zero attached hydrogens (tertiary/aromatic N) is 3. The second-order valence-electron chi connectivity index (χ2n) is 14.2. The molecule has 0 atom stereocenters. The maximum absolute atomic E-state index is 9.04. The molecule has 0 aliphatic carbocycles. The van der Waals surface area contributed by atoms with E-state index >= 15 is 0 Å². The van der Waals surface area contributed by atoms with Crippen LogP contribution in [0.2, 0.25) is 0 Å². The number of rotatable bonds is 4. The Morgan fingerprint density at radius 1 is 0.482 bits per heavy atom. The molecule has 262 valence electrons. The van der Waals surface area contributed by atoms with Crippen molar-refractivity contribution in [1.29, 1.82) is 5.41 Å². The van der Waals surface area contributed by atoms with E-state index in [1.807, 2.05) is 79.0 Å². The molecule has 2 heterocycles. The van der Waals surface area contributed by atoms with Gasteiger partial charge in [0.25, 0.3) is 0 Å². The summed E-state index contributed by atoms with van der Waals surface area (Å²) in [4.78, 5) is 12.1. The molecule has 9 aromatic carbocycles. The molecule has 0 saturated carbocycles. The first kappa shape index (κ1) is 31.9. The molecule has 5 nitrogen and oxygen atoms in total. The van der Waals surface area contributed by atoms with Crippen LogP contribution in [0.25, 0.3) is 65.4 Å². The molecule has 11 rings (SSSR count). The van der Waals surface area contributed by atoms with Crippen LogP contribution < -0.4 is 4.90 Å². The zero-order valence-corrected chi connectivity index (χ0v) is 30.1. The molecule has 0 bridgehead atoms. The second-order valence-corrected chi connectivity index (χ2v) is 14.2. The summed E-state index contributed by atoms with van der Waals surface area (Å²) in [7, 11) is 0. The van der Waals surface area contributed by atoms with Gasteiger partial charge in [-0.15, -0.1) is 0 Å². The number of para-hydroxylation sites is 1. The lowest BCUT2D eigenvalue weighted by Gasteiger charge is -2.34. The average Bonchev–Trinajstić information content (AvgIpc) is 3.63. The Kier molecular flexibility index (Phi) is 7.25. The van der Waals surface area contributed by atoms with Crippen LogP contribution in [-0.2, 0) is 0 Å². The first-order chi connectivity index (χ1) is 27.7. The van der Waals surface area contributed by atoms with Gasteiger partial charge in [0.2, 0.25) is 0 Å². The van der Waals surface area contributed by atoms with Gasteiger partial charge in [-0.3, -0.25) is 5.41 Å². The monoisotopic (exact) mass is 716 g/mol. The molecule has 0 fully saturated rings. The summed E-state index contributed by atoms with van der Waals surface area (Å²) in [5, 5.41) is 18.2. The van der Waals surface area contributed by atoms with Crippen molar-refractivity contribution in [3.05, 3.63) is 199 Å². The van der Waals surface area contributed by atoms with E-state index in [4.69, 9.17) is 19.8 Å². The van der Waals surface area contributed by atoms with Crippen molar-refractivity contribution in [2.75, 3.05) is 4.90 Å². The van der Waals surface area contributed by atoms with Crippen LogP contribution in [0.1, 0.15) is 16.7 Å². The third-order valence-electron chi connectivity index (χ3n) is 10.9. The van der Waals surface area contributed by atoms with Crippen molar-refractivity contribution in [3.8, 4) is 11.1 Å². The lowest BCUT2D eigenvalue weighted by molar-refractivity contribution is 0.669. The van der Waals surface area contributed by atoms with Gasteiger partial charge in [0.1, 0.15) is 11.2 Å². The Balaban J connectivity index is 0.996. The molecule has 1 aliphatic rings. The van der Waals surface area contributed by atoms with E-state index in [0.717, 1.165) is 49.5 Å². The van der Waals surface area contributed by atoms with Crippen molar-refractivity contribution in [3.63, 3.8) is 0 Å². The summed E-state index contributed by atoms with van der Waals surface area (Å²) in [6.07, 6.45) is 1.84. The minimum Gasteiger partial charge on any atom is -0.456 e. The molecule has 0 unspecified atom stereocenters. The zero-order chi connectivity index (χ0) is 37.2. The Hall–Kier alpha value is -7.63. The number of anilines is 3. The standard InChI is InChI=1S/C51H32N4O/c52-50(38-24-26-48-43(29-38)40-18-6-7-22-47(40)56-48)54-51(34-11-2-1-3-12-34)53-31-32-23-25-39-37(27-32)17-10-20-44(39)55-45-21-9-16-33-15-8-19-41(49(33)45)42-28-35-13-4-5-14-36(35)30-46(42)55/h1-31,52H. The molecule has 1 N–H and O–H groups in total. The molecule has 1 aromatic heterocycles. The van der Waals surface area contributed by atoms with E-state index in [-0.39, 0.29) is 5.84 Å².